The maximum atomic E-state index is 11.7. The predicted octanol–water partition coefficient (Wildman–Crippen LogP) is 1.85. The molecule has 0 spiro atoms. The van der Waals surface area contributed by atoms with Crippen LogP contribution in [0.3, 0.4) is 0 Å². The van der Waals surface area contributed by atoms with Gasteiger partial charge in [-0.2, -0.15) is 5.10 Å². The molecule has 0 atom stereocenters. The van der Waals surface area contributed by atoms with Gasteiger partial charge in [-0.05, 0) is 31.0 Å². The Morgan fingerprint density at radius 3 is 2.67 bits per heavy atom. The summed E-state index contributed by atoms with van der Waals surface area (Å²) in [6.45, 7) is 0. The number of pyridine rings is 1. The molecular formula is C14H16N4O3. The van der Waals surface area contributed by atoms with Crippen molar-refractivity contribution in [2.45, 2.75) is 25.7 Å². The minimum Gasteiger partial charge on any atom is -0.481 e. The first-order chi connectivity index (χ1) is 10.1. The van der Waals surface area contributed by atoms with E-state index in [1.807, 2.05) is 0 Å². The van der Waals surface area contributed by atoms with Crippen LogP contribution in [0.2, 0.25) is 0 Å². The summed E-state index contributed by atoms with van der Waals surface area (Å²) < 4.78 is 1.62. The molecular weight excluding hydrogens is 272 g/mol. The first kappa shape index (κ1) is 14.7. The van der Waals surface area contributed by atoms with Crippen LogP contribution in [0.25, 0.3) is 5.82 Å². The van der Waals surface area contributed by atoms with Gasteiger partial charge in [-0.15, -0.1) is 0 Å². The van der Waals surface area contributed by atoms with Crippen molar-refractivity contribution in [2.24, 2.45) is 0 Å². The van der Waals surface area contributed by atoms with Crippen molar-refractivity contribution < 1.29 is 14.7 Å². The molecule has 7 nitrogen and oxygen atoms in total. The van der Waals surface area contributed by atoms with E-state index in [1.165, 1.54) is 0 Å². The van der Waals surface area contributed by atoms with Gasteiger partial charge in [-0.25, -0.2) is 9.67 Å². The second-order valence-electron chi connectivity index (χ2n) is 4.50. The number of carboxylic acid groups (broad SMARTS) is 1. The third-order valence-corrected chi connectivity index (χ3v) is 2.82. The summed E-state index contributed by atoms with van der Waals surface area (Å²) in [5.41, 5.74) is 0.606. The third kappa shape index (κ3) is 4.72. The SMILES string of the molecule is O=C(O)CCCCC(=O)Nc1ccc(-n2cccn2)nc1. The molecule has 1 amide bonds. The number of rotatable bonds is 7. The average Bonchev–Trinajstić information content (AvgIpc) is 2.98. The van der Waals surface area contributed by atoms with Gasteiger partial charge in [0.05, 0.1) is 11.9 Å². The maximum Gasteiger partial charge on any atom is 0.303 e. The van der Waals surface area contributed by atoms with Crippen LogP contribution in [-0.4, -0.2) is 31.7 Å². The number of anilines is 1. The quantitative estimate of drug-likeness (QED) is 0.758. The topological polar surface area (TPSA) is 97.1 Å². The highest BCUT2D eigenvalue weighted by molar-refractivity contribution is 5.90. The zero-order valence-corrected chi connectivity index (χ0v) is 11.4. The van der Waals surface area contributed by atoms with Crippen LogP contribution in [0, 0.1) is 0 Å². The van der Waals surface area contributed by atoms with Gasteiger partial charge in [0.15, 0.2) is 5.82 Å². The summed E-state index contributed by atoms with van der Waals surface area (Å²) in [4.78, 5) is 26.2. The molecule has 0 unspecified atom stereocenters. The van der Waals surface area contributed by atoms with Gasteiger partial charge in [0.1, 0.15) is 0 Å². The molecule has 0 saturated carbocycles. The Bertz CT molecular complexity index is 593. The highest BCUT2D eigenvalue weighted by Crippen LogP contribution is 2.10. The first-order valence-electron chi connectivity index (χ1n) is 6.63. The lowest BCUT2D eigenvalue weighted by Gasteiger charge is -2.06. The smallest absolute Gasteiger partial charge is 0.303 e. The van der Waals surface area contributed by atoms with E-state index in [0.29, 0.717) is 30.8 Å². The second kappa shape index (κ2) is 7.18. The molecule has 7 heteroatoms. The third-order valence-electron chi connectivity index (χ3n) is 2.82. The zero-order valence-electron chi connectivity index (χ0n) is 11.4. The number of carbonyl (C=O) groups is 2. The van der Waals surface area contributed by atoms with Gasteiger partial charge in [0.25, 0.3) is 0 Å². The molecule has 0 aromatic carbocycles. The summed E-state index contributed by atoms with van der Waals surface area (Å²) >= 11 is 0. The molecule has 2 aromatic rings. The first-order valence-corrected chi connectivity index (χ1v) is 6.63. The highest BCUT2D eigenvalue weighted by Gasteiger charge is 2.05. The molecule has 2 rings (SSSR count). The highest BCUT2D eigenvalue weighted by atomic mass is 16.4. The molecule has 2 aromatic heterocycles. The van der Waals surface area contributed by atoms with Crippen LogP contribution in [0.5, 0.6) is 0 Å². The molecule has 2 N–H and O–H groups in total. The fourth-order valence-corrected chi connectivity index (χ4v) is 1.79. The lowest BCUT2D eigenvalue weighted by atomic mass is 10.2. The second-order valence-corrected chi connectivity index (χ2v) is 4.50. The van der Waals surface area contributed by atoms with Gasteiger partial charge in [0.2, 0.25) is 5.91 Å². The Hall–Kier alpha value is -2.70. The van der Waals surface area contributed by atoms with Crippen LogP contribution in [0.4, 0.5) is 5.69 Å². The monoisotopic (exact) mass is 288 g/mol. The number of hydrogen-bond donors (Lipinski definition) is 2. The van der Waals surface area contributed by atoms with Gasteiger partial charge >= 0.3 is 5.97 Å². The van der Waals surface area contributed by atoms with Crippen molar-refractivity contribution >= 4 is 17.6 Å². The predicted molar refractivity (Wildman–Crippen MR) is 76.1 cm³/mol. The molecule has 2 heterocycles. The molecule has 0 bridgehead atoms. The van der Waals surface area contributed by atoms with E-state index >= 15 is 0 Å². The molecule has 0 radical (unpaired) electrons. The zero-order chi connectivity index (χ0) is 15.1. The number of hydrogen-bond acceptors (Lipinski definition) is 4. The van der Waals surface area contributed by atoms with Crippen molar-refractivity contribution in [3.63, 3.8) is 0 Å². The van der Waals surface area contributed by atoms with Gasteiger partial charge in [0, 0.05) is 25.2 Å². The molecule has 0 aliphatic carbocycles. The Morgan fingerprint density at radius 2 is 2.05 bits per heavy atom. The standard InChI is InChI=1S/C14H16N4O3/c19-13(4-1-2-5-14(20)21)17-11-6-7-12(15-10-11)18-9-3-8-16-18/h3,6-10H,1-2,4-5H2,(H,17,19)(H,20,21). The van der Waals surface area contributed by atoms with Gasteiger partial charge in [-0.3, -0.25) is 9.59 Å². The lowest BCUT2D eigenvalue weighted by molar-refractivity contribution is -0.137. The Kier molecular flexibility index (Phi) is 5.03. The number of unbranched alkanes of at least 4 members (excludes halogenated alkanes) is 1. The molecule has 0 aliphatic rings. The number of amides is 1. The number of aliphatic carboxylic acids is 1. The fourth-order valence-electron chi connectivity index (χ4n) is 1.79. The minimum atomic E-state index is -0.839. The van der Waals surface area contributed by atoms with Crippen LogP contribution in [-0.2, 0) is 9.59 Å². The van der Waals surface area contributed by atoms with E-state index < -0.39 is 5.97 Å². The van der Waals surface area contributed by atoms with Crippen LogP contribution in [0.15, 0.2) is 36.8 Å². The Balaban J connectivity index is 1.80. The summed E-state index contributed by atoms with van der Waals surface area (Å²) in [6, 6.07) is 5.31. The molecule has 0 fully saturated rings. The Labute approximate surface area is 121 Å². The number of carbonyl (C=O) groups excluding carboxylic acids is 1. The van der Waals surface area contributed by atoms with Crippen LogP contribution in [0.1, 0.15) is 25.7 Å². The molecule has 21 heavy (non-hydrogen) atoms. The fraction of sp³-hybridized carbons (Fsp3) is 0.286. The average molecular weight is 288 g/mol. The lowest BCUT2D eigenvalue weighted by Crippen LogP contribution is -2.11. The minimum absolute atomic E-state index is 0.0907. The normalized spacial score (nSPS) is 10.3. The van der Waals surface area contributed by atoms with E-state index in [9.17, 15) is 9.59 Å². The van der Waals surface area contributed by atoms with Crippen LogP contribution < -0.4 is 5.32 Å². The molecule has 0 aliphatic heterocycles. The van der Waals surface area contributed by atoms with E-state index in [2.05, 4.69) is 15.4 Å². The summed E-state index contributed by atoms with van der Waals surface area (Å²) in [5, 5.41) is 15.3. The number of aromatic nitrogens is 3. The van der Waals surface area contributed by atoms with E-state index in [-0.39, 0.29) is 12.3 Å². The molecule has 0 saturated heterocycles. The van der Waals surface area contributed by atoms with Crippen LogP contribution >= 0.6 is 0 Å². The number of nitrogens with one attached hydrogen (secondary N) is 1. The van der Waals surface area contributed by atoms with Crippen molar-refractivity contribution in [3.05, 3.63) is 36.8 Å². The summed E-state index contributed by atoms with van der Waals surface area (Å²) in [5.74, 6) is -0.317. The van der Waals surface area contributed by atoms with E-state index in [1.54, 1.807) is 41.5 Å². The van der Waals surface area contributed by atoms with Crippen molar-refractivity contribution in [3.8, 4) is 5.82 Å². The van der Waals surface area contributed by atoms with Crippen molar-refractivity contribution in [1.29, 1.82) is 0 Å². The summed E-state index contributed by atoms with van der Waals surface area (Å²) in [7, 11) is 0. The van der Waals surface area contributed by atoms with E-state index in [4.69, 9.17) is 5.11 Å². The number of nitrogens with zero attached hydrogens (tertiary/aromatic N) is 3. The van der Waals surface area contributed by atoms with Gasteiger partial charge < -0.3 is 10.4 Å². The molecule has 110 valence electrons. The number of carboxylic acids is 1. The Morgan fingerprint density at radius 1 is 1.24 bits per heavy atom. The van der Waals surface area contributed by atoms with E-state index in [0.717, 1.165) is 0 Å². The summed E-state index contributed by atoms with van der Waals surface area (Å²) in [6.07, 6.45) is 6.45. The maximum absolute atomic E-state index is 11.7. The largest absolute Gasteiger partial charge is 0.481 e. The van der Waals surface area contributed by atoms with Crippen molar-refractivity contribution in [1.82, 2.24) is 14.8 Å². The van der Waals surface area contributed by atoms with Gasteiger partial charge in [-0.1, -0.05) is 0 Å². The van der Waals surface area contributed by atoms with Crippen molar-refractivity contribution in [2.75, 3.05) is 5.32 Å².